The summed E-state index contributed by atoms with van der Waals surface area (Å²) in [6.45, 7) is 1.13. The summed E-state index contributed by atoms with van der Waals surface area (Å²) in [4.78, 5) is 6.76. The van der Waals surface area contributed by atoms with E-state index in [9.17, 15) is 0 Å². The molecule has 3 rings (SSSR count). The van der Waals surface area contributed by atoms with Crippen LogP contribution in [0.1, 0.15) is 25.7 Å². The summed E-state index contributed by atoms with van der Waals surface area (Å²) in [7, 11) is 2.18. The van der Waals surface area contributed by atoms with Gasteiger partial charge in [-0.1, -0.05) is 25.0 Å². The monoisotopic (exact) mass is 255 g/mol. The molecule has 1 saturated carbocycles. The minimum Gasteiger partial charge on any atom is -0.397 e. The van der Waals surface area contributed by atoms with Gasteiger partial charge in [-0.2, -0.15) is 0 Å². The highest BCUT2D eigenvalue weighted by molar-refractivity contribution is 5.97. The van der Waals surface area contributed by atoms with Crippen molar-refractivity contribution in [2.45, 2.75) is 25.7 Å². The van der Waals surface area contributed by atoms with Crippen LogP contribution >= 0.6 is 0 Å². The van der Waals surface area contributed by atoms with E-state index in [1.807, 2.05) is 18.3 Å². The maximum Gasteiger partial charge on any atom is 0.0951 e. The first-order chi connectivity index (χ1) is 9.25. The van der Waals surface area contributed by atoms with Crippen molar-refractivity contribution in [2.24, 2.45) is 5.92 Å². The van der Waals surface area contributed by atoms with Crippen LogP contribution in [0.5, 0.6) is 0 Å². The van der Waals surface area contributed by atoms with Gasteiger partial charge in [0.25, 0.3) is 0 Å². The molecule has 1 aromatic carbocycles. The van der Waals surface area contributed by atoms with Gasteiger partial charge in [0, 0.05) is 30.9 Å². The fraction of sp³-hybridized carbons (Fsp3) is 0.438. The Bertz CT molecular complexity index is 573. The van der Waals surface area contributed by atoms with Gasteiger partial charge in [-0.25, -0.2) is 0 Å². The molecule has 0 bridgehead atoms. The first-order valence-electron chi connectivity index (χ1n) is 7.10. The van der Waals surface area contributed by atoms with Crippen LogP contribution in [-0.4, -0.2) is 18.6 Å². The highest BCUT2D eigenvalue weighted by atomic mass is 15.1. The van der Waals surface area contributed by atoms with Gasteiger partial charge in [-0.15, -0.1) is 0 Å². The first kappa shape index (κ1) is 12.3. The number of anilines is 2. The molecule has 19 heavy (non-hydrogen) atoms. The van der Waals surface area contributed by atoms with Crippen molar-refractivity contribution in [3.8, 4) is 0 Å². The highest BCUT2D eigenvalue weighted by Gasteiger charge is 2.18. The molecule has 2 N–H and O–H groups in total. The van der Waals surface area contributed by atoms with E-state index in [-0.39, 0.29) is 0 Å². The average Bonchev–Trinajstić information content (AvgIpc) is 2.91. The zero-order valence-corrected chi connectivity index (χ0v) is 11.5. The second-order valence-electron chi connectivity index (χ2n) is 5.60. The lowest BCUT2D eigenvalue weighted by atomic mass is 10.1. The number of benzene rings is 1. The SMILES string of the molecule is CN(CC1CCCC1)c1ccnc2c(N)cccc12. The third kappa shape index (κ3) is 2.37. The number of nitrogens with zero attached hydrogens (tertiary/aromatic N) is 2. The maximum atomic E-state index is 6.01. The highest BCUT2D eigenvalue weighted by Crippen LogP contribution is 2.31. The van der Waals surface area contributed by atoms with Gasteiger partial charge in [0.05, 0.1) is 11.2 Å². The number of hydrogen-bond donors (Lipinski definition) is 1. The number of hydrogen-bond acceptors (Lipinski definition) is 3. The van der Waals surface area contributed by atoms with Crippen LogP contribution in [0.2, 0.25) is 0 Å². The minimum atomic E-state index is 0.758. The van der Waals surface area contributed by atoms with Crippen molar-refractivity contribution in [1.29, 1.82) is 0 Å². The summed E-state index contributed by atoms with van der Waals surface area (Å²) in [5.41, 5.74) is 8.92. The van der Waals surface area contributed by atoms with Gasteiger partial charge in [0.1, 0.15) is 0 Å². The molecule has 1 aliphatic carbocycles. The molecule has 0 spiro atoms. The van der Waals surface area contributed by atoms with Crippen LogP contribution in [-0.2, 0) is 0 Å². The first-order valence-corrected chi connectivity index (χ1v) is 7.10. The Balaban J connectivity index is 1.93. The fourth-order valence-electron chi connectivity index (χ4n) is 3.20. The summed E-state index contributed by atoms with van der Waals surface area (Å²) in [6, 6.07) is 8.12. The third-order valence-electron chi connectivity index (χ3n) is 4.20. The van der Waals surface area contributed by atoms with E-state index < -0.39 is 0 Å². The number of nitrogens with two attached hydrogens (primary N) is 1. The van der Waals surface area contributed by atoms with E-state index in [4.69, 9.17) is 5.73 Å². The van der Waals surface area contributed by atoms with Crippen LogP contribution in [0.4, 0.5) is 11.4 Å². The summed E-state index contributed by atoms with van der Waals surface area (Å²) in [5, 5.41) is 1.16. The molecule has 2 aromatic rings. The van der Waals surface area contributed by atoms with E-state index in [1.165, 1.54) is 31.4 Å². The van der Waals surface area contributed by atoms with Crippen LogP contribution < -0.4 is 10.6 Å². The Kier molecular flexibility index (Phi) is 3.28. The molecule has 100 valence electrons. The molecule has 0 saturated heterocycles. The lowest BCUT2D eigenvalue weighted by Gasteiger charge is -2.24. The molecule has 0 unspecified atom stereocenters. The zero-order chi connectivity index (χ0) is 13.2. The summed E-state index contributed by atoms with van der Waals surface area (Å²) in [5.74, 6) is 0.842. The van der Waals surface area contributed by atoms with Crippen LogP contribution in [0.15, 0.2) is 30.5 Å². The average molecular weight is 255 g/mol. The summed E-state index contributed by atoms with van der Waals surface area (Å²) >= 11 is 0. The Hall–Kier alpha value is -1.77. The molecule has 0 radical (unpaired) electrons. The number of rotatable bonds is 3. The van der Waals surface area contributed by atoms with Crippen molar-refractivity contribution >= 4 is 22.3 Å². The molecule has 0 aliphatic heterocycles. The molecule has 1 heterocycles. The number of pyridine rings is 1. The van der Waals surface area contributed by atoms with E-state index in [0.29, 0.717) is 0 Å². The van der Waals surface area contributed by atoms with E-state index in [1.54, 1.807) is 0 Å². The Morgan fingerprint density at radius 2 is 2.05 bits per heavy atom. The maximum absolute atomic E-state index is 6.01. The number of aromatic nitrogens is 1. The molecule has 3 nitrogen and oxygen atoms in total. The molecule has 1 fully saturated rings. The Morgan fingerprint density at radius 1 is 1.26 bits per heavy atom. The second-order valence-corrected chi connectivity index (χ2v) is 5.60. The van der Waals surface area contributed by atoms with Gasteiger partial charge in [0.15, 0.2) is 0 Å². The second kappa shape index (κ2) is 5.08. The van der Waals surface area contributed by atoms with E-state index in [0.717, 1.165) is 29.1 Å². The van der Waals surface area contributed by atoms with Crippen LogP contribution in [0, 0.1) is 5.92 Å². The number of fused-ring (bicyclic) bond motifs is 1. The Morgan fingerprint density at radius 3 is 2.84 bits per heavy atom. The Labute approximate surface area is 114 Å². The van der Waals surface area contributed by atoms with Crippen molar-refractivity contribution in [2.75, 3.05) is 24.2 Å². The molecule has 1 aromatic heterocycles. The topological polar surface area (TPSA) is 42.2 Å². The summed E-state index contributed by atoms with van der Waals surface area (Å²) in [6.07, 6.45) is 7.38. The lowest BCUT2D eigenvalue weighted by Crippen LogP contribution is -2.24. The number of nitrogen functional groups attached to an aromatic ring is 1. The van der Waals surface area contributed by atoms with Gasteiger partial charge < -0.3 is 10.6 Å². The van der Waals surface area contributed by atoms with Crippen molar-refractivity contribution in [3.63, 3.8) is 0 Å². The van der Waals surface area contributed by atoms with Gasteiger partial charge >= 0.3 is 0 Å². The summed E-state index contributed by atoms with van der Waals surface area (Å²) < 4.78 is 0. The van der Waals surface area contributed by atoms with Gasteiger partial charge in [-0.05, 0) is 30.9 Å². The normalized spacial score (nSPS) is 16.1. The van der Waals surface area contributed by atoms with Crippen LogP contribution in [0.25, 0.3) is 10.9 Å². The third-order valence-corrected chi connectivity index (χ3v) is 4.20. The number of para-hydroxylation sites is 1. The fourth-order valence-corrected chi connectivity index (χ4v) is 3.20. The van der Waals surface area contributed by atoms with Crippen molar-refractivity contribution in [1.82, 2.24) is 4.98 Å². The minimum absolute atomic E-state index is 0.758. The van der Waals surface area contributed by atoms with Gasteiger partial charge in [-0.3, -0.25) is 4.98 Å². The molecule has 0 atom stereocenters. The smallest absolute Gasteiger partial charge is 0.0951 e. The van der Waals surface area contributed by atoms with Crippen molar-refractivity contribution < 1.29 is 0 Å². The van der Waals surface area contributed by atoms with Gasteiger partial charge in [0.2, 0.25) is 0 Å². The molecular weight excluding hydrogens is 234 g/mol. The zero-order valence-electron chi connectivity index (χ0n) is 11.5. The lowest BCUT2D eigenvalue weighted by molar-refractivity contribution is 0.547. The van der Waals surface area contributed by atoms with Crippen molar-refractivity contribution in [3.05, 3.63) is 30.5 Å². The molecular formula is C16H21N3. The van der Waals surface area contributed by atoms with E-state index >= 15 is 0 Å². The van der Waals surface area contributed by atoms with Crippen LogP contribution in [0.3, 0.4) is 0 Å². The standard InChI is InChI=1S/C16H21N3/c1-19(11-12-5-2-3-6-12)15-9-10-18-16-13(15)7-4-8-14(16)17/h4,7-10,12H,2-3,5-6,11,17H2,1H3. The molecule has 3 heteroatoms. The van der Waals surface area contributed by atoms with E-state index in [2.05, 4.69) is 29.1 Å². The predicted molar refractivity (Wildman–Crippen MR) is 81.4 cm³/mol. The molecule has 0 amide bonds. The largest absolute Gasteiger partial charge is 0.397 e. The quantitative estimate of drug-likeness (QED) is 0.854. The molecule has 1 aliphatic rings. The predicted octanol–water partition coefficient (Wildman–Crippen LogP) is 3.44.